The third-order valence-electron chi connectivity index (χ3n) is 3.97. The molecule has 0 spiro atoms. The van der Waals surface area contributed by atoms with Crippen molar-refractivity contribution in [1.82, 2.24) is 4.57 Å². The Morgan fingerprint density at radius 2 is 1.81 bits per heavy atom. The predicted molar refractivity (Wildman–Crippen MR) is 94.0 cm³/mol. The molecule has 0 saturated carbocycles. The number of oxazole rings is 1. The van der Waals surface area contributed by atoms with Crippen molar-refractivity contribution in [3.8, 4) is 5.75 Å². The van der Waals surface area contributed by atoms with E-state index in [0.29, 0.717) is 42.0 Å². The van der Waals surface area contributed by atoms with E-state index >= 15 is 0 Å². The summed E-state index contributed by atoms with van der Waals surface area (Å²) in [4.78, 5) is 34.2. The Morgan fingerprint density at radius 3 is 2.46 bits per heavy atom. The molecule has 26 heavy (non-hydrogen) atoms. The number of carbonyl (C=O) groups excluding carboxylic acids is 1. The van der Waals surface area contributed by atoms with E-state index in [4.69, 9.17) is 14.3 Å². The average molecular weight is 355 g/mol. The molecule has 0 atom stereocenters. The first-order chi connectivity index (χ1) is 12.5. The van der Waals surface area contributed by atoms with Gasteiger partial charge in [-0.3, -0.25) is 9.36 Å². The van der Waals surface area contributed by atoms with Crippen LogP contribution in [0.1, 0.15) is 34.1 Å². The number of Topliss-reactive ketones (excluding diaryl/α,β-unsaturated/α-hetero) is 1. The van der Waals surface area contributed by atoms with E-state index in [-0.39, 0.29) is 11.3 Å². The highest BCUT2D eigenvalue weighted by molar-refractivity contribution is 5.96. The Morgan fingerprint density at radius 1 is 1.12 bits per heavy atom. The molecule has 1 aromatic heterocycles. The fourth-order valence-corrected chi connectivity index (χ4v) is 2.60. The molecule has 3 aromatic rings. The summed E-state index contributed by atoms with van der Waals surface area (Å²) in [5, 5.41) is 8.85. The first kappa shape index (κ1) is 17.5. The van der Waals surface area contributed by atoms with Crippen LogP contribution in [-0.2, 0) is 6.54 Å². The normalized spacial score (nSPS) is 10.8. The lowest BCUT2D eigenvalue weighted by Gasteiger charge is -2.07. The van der Waals surface area contributed by atoms with Crippen LogP contribution < -0.4 is 10.5 Å². The fourth-order valence-electron chi connectivity index (χ4n) is 2.60. The first-order valence-electron chi connectivity index (χ1n) is 8.06. The van der Waals surface area contributed by atoms with Gasteiger partial charge >= 0.3 is 11.7 Å². The number of hydrogen-bond donors (Lipinski definition) is 1. The van der Waals surface area contributed by atoms with Gasteiger partial charge in [0.1, 0.15) is 5.75 Å². The Kier molecular flexibility index (Phi) is 4.88. The molecule has 1 N–H and O–H groups in total. The maximum absolute atomic E-state index is 12.0. The molecule has 0 bridgehead atoms. The van der Waals surface area contributed by atoms with Gasteiger partial charge in [0, 0.05) is 12.1 Å². The van der Waals surface area contributed by atoms with Crippen LogP contribution >= 0.6 is 0 Å². The van der Waals surface area contributed by atoms with Crippen LogP contribution in [0.25, 0.3) is 11.1 Å². The number of carboxylic acids is 1. The highest BCUT2D eigenvalue weighted by atomic mass is 16.5. The number of fused-ring (bicyclic) bond motifs is 1. The van der Waals surface area contributed by atoms with E-state index < -0.39 is 11.7 Å². The van der Waals surface area contributed by atoms with Crippen molar-refractivity contribution >= 4 is 22.9 Å². The SMILES string of the molecule is CC(=O)c1ccc2c(c1)oc(=O)n2CCCOc1ccc(C(=O)O)cc1. The van der Waals surface area contributed by atoms with Gasteiger partial charge in [-0.25, -0.2) is 9.59 Å². The molecule has 0 radical (unpaired) electrons. The summed E-state index contributed by atoms with van der Waals surface area (Å²) < 4.78 is 12.3. The van der Waals surface area contributed by atoms with Crippen molar-refractivity contribution in [2.45, 2.75) is 19.9 Å². The Bertz CT molecular complexity index is 1010. The Balaban J connectivity index is 1.63. The maximum atomic E-state index is 12.0. The summed E-state index contributed by atoms with van der Waals surface area (Å²) in [7, 11) is 0. The zero-order valence-electron chi connectivity index (χ0n) is 14.1. The topological polar surface area (TPSA) is 98.7 Å². The molecule has 0 fully saturated rings. The first-order valence-corrected chi connectivity index (χ1v) is 8.06. The molecule has 1 heterocycles. The summed E-state index contributed by atoms with van der Waals surface area (Å²) in [6.45, 7) is 2.21. The van der Waals surface area contributed by atoms with Crippen LogP contribution in [0.4, 0.5) is 0 Å². The van der Waals surface area contributed by atoms with E-state index in [2.05, 4.69) is 0 Å². The number of carbonyl (C=O) groups is 2. The minimum Gasteiger partial charge on any atom is -0.494 e. The molecule has 0 amide bonds. The van der Waals surface area contributed by atoms with Gasteiger partial charge < -0.3 is 14.3 Å². The van der Waals surface area contributed by atoms with Crippen molar-refractivity contribution in [1.29, 1.82) is 0 Å². The highest BCUT2D eigenvalue weighted by Crippen LogP contribution is 2.16. The van der Waals surface area contributed by atoms with Crippen LogP contribution in [0.15, 0.2) is 51.7 Å². The standard InChI is InChI=1S/C19H17NO6/c1-12(21)14-5-8-16-17(11-14)26-19(24)20(16)9-2-10-25-15-6-3-13(4-7-15)18(22)23/h3-8,11H,2,9-10H2,1H3,(H,22,23). The molecule has 0 aliphatic heterocycles. The molecular weight excluding hydrogens is 338 g/mol. The van der Waals surface area contributed by atoms with E-state index in [1.54, 1.807) is 30.3 Å². The van der Waals surface area contributed by atoms with Gasteiger partial charge in [0.05, 0.1) is 17.7 Å². The molecule has 3 rings (SSSR count). The summed E-state index contributed by atoms with van der Waals surface area (Å²) in [5.41, 5.74) is 1.70. The quantitative estimate of drug-likeness (QED) is 0.517. The molecule has 7 heteroatoms. The summed E-state index contributed by atoms with van der Waals surface area (Å²) in [5.74, 6) is -1.00. The molecular formula is C19H17NO6. The van der Waals surface area contributed by atoms with Gasteiger partial charge in [-0.2, -0.15) is 0 Å². The number of ketones is 1. The number of aromatic nitrogens is 1. The predicted octanol–water partition coefficient (Wildman–Crippen LogP) is 2.96. The van der Waals surface area contributed by atoms with Crippen molar-refractivity contribution in [3.63, 3.8) is 0 Å². The molecule has 0 saturated heterocycles. The molecule has 7 nitrogen and oxygen atoms in total. The number of aryl methyl sites for hydroxylation is 1. The lowest BCUT2D eigenvalue weighted by atomic mass is 10.1. The average Bonchev–Trinajstić information content (AvgIpc) is 2.93. The lowest BCUT2D eigenvalue weighted by Crippen LogP contribution is -2.15. The maximum Gasteiger partial charge on any atom is 0.419 e. The third-order valence-corrected chi connectivity index (χ3v) is 3.97. The van der Waals surface area contributed by atoms with Gasteiger partial charge in [0.25, 0.3) is 0 Å². The monoisotopic (exact) mass is 355 g/mol. The number of ether oxygens (including phenoxy) is 1. The van der Waals surface area contributed by atoms with Crippen molar-refractivity contribution in [2.75, 3.05) is 6.61 Å². The molecule has 2 aromatic carbocycles. The summed E-state index contributed by atoms with van der Waals surface area (Å²) in [6.07, 6.45) is 0.559. The molecule has 0 unspecified atom stereocenters. The highest BCUT2D eigenvalue weighted by Gasteiger charge is 2.11. The van der Waals surface area contributed by atoms with Crippen molar-refractivity contribution < 1.29 is 23.8 Å². The second kappa shape index (κ2) is 7.26. The third kappa shape index (κ3) is 3.66. The number of rotatable bonds is 7. The number of carboxylic acid groups (broad SMARTS) is 1. The van der Waals surface area contributed by atoms with Gasteiger partial charge in [-0.15, -0.1) is 0 Å². The van der Waals surface area contributed by atoms with E-state index in [1.165, 1.54) is 23.6 Å². The van der Waals surface area contributed by atoms with Gasteiger partial charge in [0.2, 0.25) is 0 Å². The van der Waals surface area contributed by atoms with Crippen LogP contribution in [0.5, 0.6) is 5.75 Å². The second-order valence-corrected chi connectivity index (χ2v) is 5.79. The van der Waals surface area contributed by atoms with E-state index in [0.717, 1.165) is 0 Å². The van der Waals surface area contributed by atoms with Gasteiger partial charge in [-0.05, 0) is 55.8 Å². The number of nitrogens with zero attached hydrogens (tertiary/aromatic N) is 1. The summed E-state index contributed by atoms with van der Waals surface area (Å²) >= 11 is 0. The fraction of sp³-hybridized carbons (Fsp3) is 0.211. The largest absolute Gasteiger partial charge is 0.494 e. The zero-order valence-corrected chi connectivity index (χ0v) is 14.1. The molecule has 0 aliphatic carbocycles. The number of aromatic carboxylic acids is 1. The number of hydrogen-bond acceptors (Lipinski definition) is 5. The van der Waals surface area contributed by atoms with Crippen molar-refractivity contribution in [3.05, 3.63) is 64.1 Å². The summed E-state index contributed by atoms with van der Waals surface area (Å²) in [6, 6.07) is 11.0. The van der Waals surface area contributed by atoms with E-state index in [9.17, 15) is 14.4 Å². The van der Waals surface area contributed by atoms with Crippen LogP contribution in [0.3, 0.4) is 0 Å². The Hall–Kier alpha value is -3.35. The molecule has 0 aliphatic rings. The van der Waals surface area contributed by atoms with Gasteiger partial charge in [0.15, 0.2) is 11.4 Å². The van der Waals surface area contributed by atoms with Crippen LogP contribution in [0, 0.1) is 0 Å². The Labute approximate surface area is 148 Å². The zero-order chi connectivity index (χ0) is 18.7. The van der Waals surface area contributed by atoms with Gasteiger partial charge in [-0.1, -0.05) is 0 Å². The lowest BCUT2D eigenvalue weighted by molar-refractivity contribution is 0.0696. The number of benzene rings is 2. The van der Waals surface area contributed by atoms with Crippen molar-refractivity contribution in [2.24, 2.45) is 0 Å². The van der Waals surface area contributed by atoms with Crippen LogP contribution in [-0.4, -0.2) is 28.0 Å². The van der Waals surface area contributed by atoms with Crippen LogP contribution in [0.2, 0.25) is 0 Å². The minimum absolute atomic E-state index is 0.0929. The second-order valence-electron chi connectivity index (χ2n) is 5.79. The minimum atomic E-state index is -0.990. The molecule has 134 valence electrons. The smallest absolute Gasteiger partial charge is 0.419 e. The van der Waals surface area contributed by atoms with E-state index in [1.807, 2.05) is 0 Å².